The molecule has 0 aliphatic carbocycles. The Balaban J connectivity index is 0.00000676. The zero-order chi connectivity index (χ0) is 19.6. The number of carbonyl (C=O) groups excluding carboxylic acids is 1. The first kappa shape index (κ1) is 25.3. The molecule has 0 fully saturated rings. The smallest absolute Gasteiger partial charge is 0.422 e. The lowest BCUT2D eigenvalue weighted by Crippen LogP contribution is -2.41. The minimum absolute atomic E-state index is 0. The molecule has 0 aromatic heterocycles. The number of aliphatic imine (C=N–C) groups is 1. The Bertz CT molecular complexity index is 625. The van der Waals surface area contributed by atoms with Gasteiger partial charge in [-0.3, -0.25) is 4.79 Å². The Labute approximate surface area is 174 Å². The Hall–Kier alpha value is -1.72. The van der Waals surface area contributed by atoms with E-state index in [1.54, 1.807) is 25.1 Å². The third-order valence-corrected chi connectivity index (χ3v) is 3.16. The summed E-state index contributed by atoms with van der Waals surface area (Å²) in [6.45, 7) is 5.44. The van der Waals surface area contributed by atoms with Gasteiger partial charge in [0.05, 0.1) is 6.54 Å². The first-order chi connectivity index (χ1) is 12.2. The summed E-state index contributed by atoms with van der Waals surface area (Å²) < 4.78 is 42.2. The van der Waals surface area contributed by atoms with Gasteiger partial charge in [-0.25, -0.2) is 4.99 Å². The number of ether oxygens (including phenoxy) is 1. The number of nitrogens with one attached hydrogen (secondary N) is 3. The molecule has 1 rings (SSSR count). The molecule has 10 heteroatoms. The average molecular weight is 502 g/mol. The largest absolute Gasteiger partial charge is 0.484 e. The van der Waals surface area contributed by atoms with E-state index in [-0.39, 0.29) is 42.2 Å². The highest BCUT2D eigenvalue weighted by atomic mass is 127. The van der Waals surface area contributed by atoms with Gasteiger partial charge in [-0.2, -0.15) is 13.2 Å². The van der Waals surface area contributed by atoms with Crippen LogP contribution in [0.25, 0.3) is 0 Å². The summed E-state index contributed by atoms with van der Waals surface area (Å²) in [4.78, 5) is 15.2. The van der Waals surface area contributed by atoms with E-state index in [4.69, 9.17) is 4.74 Å². The molecule has 0 saturated carbocycles. The number of guanidine groups is 1. The molecule has 0 atom stereocenters. The van der Waals surface area contributed by atoms with Gasteiger partial charge in [0.1, 0.15) is 5.75 Å². The van der Waals surface area contributed by atoms with Gasteiger partial charge in [-0.05, 0) is 25.5 Å². The van der Waals surface area contributed by atoms with Gasteiger partial charge in [0.15, 0.2) is 12.6 Å². The second-order valence-corrected chi connectivity index (χ2v) is 5.62. The van der Waals surface area contributed by atoms with Crippen molar-refractivity contribution >= 4 is 35.8 Å². The third-order valence-electron chi connectivity index (χ3n) is 3.16. The maximum absolute atomic E-state index is 12.4. The average Bonchev–Trinajstić information content (AvgIpc) is 2.54. The first-order valence-electron chi connectivity index (χ1n) is 8.27. The zero-order valence-electron chi connectivity index (χ0n) is 15.6. The first-order valence-corrected chi connectivity index (χ1v) is 8.27. The van der Waals surface area contributed by atoms with Crippen molar-refractivity contribution in [1.29, 1.82) is 0 Å². The predicted molar refractivity (Wildman–Crippen MR) is 110 cm³/mol. The SMILES string of the molecule is CCNC(=NCc1ccc(C)cc1OCC(F)(F)F)NCCNC(C)=O.I. The van der Waals surface area contributed by atoms with Crippen LogP contribution in [0.1, 0.15) is 25.0 Å². The highest BCUT2D eigenvalue weighted by Gasteiger charge is 2.28. The van der Waals surface area contributed by atoms with Crippen molar-refractivity contribution in [2.75, 3.05) is 26.2 Å². The van der Waals surface area contributed by atoms with Crippen LogP contribution >= 0.6 is 24.0 Å². The number of benzene rings is 1. The van der Waals surface area contributed by atoms with Crippen molar-refractivity contribution in [3.8, 4) is 5.75 Å². The predicted octanol–water partition coefficient (Wildman–Crippen LogP) is 2.75. The lowest BCUT2D eigenvalue weighted by Gasteiger charge is -2.14. The number of hydrogen-bond acceptors (Lipinski definition) is 3. The van der Waals surface area contributed by atoms with Crippen LogP contribution in [0.4, 0.5) is 13.2 Å². The molecular formula is C17H26F3IN4O2. The molecule has 0 spiro atoms. The molecule has 0 saturated heterocycles. The summed E-state index contributed by atoms with van der Waals surface area (Å²) in [5.41, 5.74) is 1.36. The van der Waals surface area contributed by atoms with E-state index in [1.807, 2.05) is 6.92 Å². The van der Waals surface area contributed by atoms with Crippen molar-refractivity contribution < 1.29 is 22.7 Å². The van der Waals surface area contributed by atoms with Gasteiger partial charge < -0.3 is 20.7 Å². The molecule has 0 heterocycles. The van der Waals surface area contributed by atoms with Crippen LogP contribution in [0.2, 0.25) is 0 Å². The van der Waals surface area contributed by atoms with Crippen LogP contribution in [0.15, 0.2) is 23.2 Å². The quantitative estimate of drug-likeness (QED) is 0.221. The number of carbonyl (C=O) groups is 1. The van der Waals surface area contributed by atoms with Crippen molar-refractivity contribution in [2.45, 2.75) is 33.5 Å². The lowest BCUT2D eigenvalue weighted by molar-refractivity contribution is -0.153. The molecule has 0 unspecified atom stereocenters. The molecule has 0 aliphatic heterocycles. The molecule has 3 N–H and O–H groups in total. The zero-order valence-corrected chi connectivity index (χ0v) is 17.9. The molecule has 0 bridgehead atoms. The second kappa shape index (κ2) is 12.6. The fourth-order valence-corrected chi connectivity index (χ4v) is 2.01. The summed E-state index contributed by atoms with van der Waals surface area (Å²) in [6, 6.07) is 5.06. The van der Waals surface area contributed by atoms with E-state index in [0.29, 0.717) is 31.2 Å². The summed E-state index contributed by atoms with van der Waals surface area (Å²) in [6.07, 6.45) is -4.40. The third kappa shape index (κ3) is 11.6. The number of alkyl halides is 3. The summed E-state index contributed by atoms with van der Waals surface area (Å²) in [5, 5.41) is 8.72. The van der Waals surface area contributed by atoms with E-state index in [0.717, 1.165) is 5.56 Å². The number of halogens is 4. The Morgan fingerprint density at radius 2 is 1.85 bits per heavy atom. The monoisotopic (exact) mass is 502 g/mol. The van der Waals surface area contributed by atoms with Crippen molar-refractivity contribution in [2.24, 2.45) is 4.99 Å². The fourth-order valence-electron chi connectivity index (χ4n) is 2.01. The molecule has 0 aliphatic rings. The van der Waals surface area contributed by atoms with Crippen LogP contribution in [0.3, 0.4) is 0 Å². The van der Waals surface area contributed by atoms with Crippen molar-refractivity contribution in [1.82, 2.24) is 16.0 Å². The summed E-state index contributed by atoms with van der Waals surface area (Å²) in [7, 11) is 0. The molecule has 154 valence electrons. The molecule has 1 aromatic carbocycles. The van der Waals surface area contributed by atoms with E-state index in [2.05, 4.69) is 20.9 Å². The highest BCUT2D eigenvalue weighted by Crippen LogP contribution is 2.24. The second-order valence-electron chi connectivity index (χ2n) is 5.62. The van der Waals surface area contributed by atoms with E-state index < -0.39 is 12.8 Å². The van der Waals surface area contributed by atoms with Gasteiger partial charge in [0.2, 0.25) is 5.91 Å². The molecular weight excluding hydrogens is 476 g/mol. The number of amides is 1. The van der Waals surface area contributed by atoms with Crippen molar-refractivity contribution in [3.63, 3.8) is 0 Å². The number of aryl methyl sites for hydroxylation is 1. The Kier molecular flexibility index (Phi) is 11.8. The molecule has 0 radical (unpaired) electrons. The molecule has 1 amide bonds. The van der Waals surface area contributed by atoms with E-state index in [9.17, 15) is 18.0 Å². The summed E-state index contributed by atoms with van der Waals surface area (Å²) >= 11 is 0. The Morgan fingerprint density at radius 3 is 2.44 bits per heavy atom. The van der Waals surface area contributed by atoms with Gasteiger partial charge >= 0.3 is 6.18 Å². The van der Waals surface area contributed by atoms with Gasteiger partial charge in [-0.15, -0.1) is 24.0 Å². The van der Waals surface area contributed by atoms with Crippen LogP contribution in [-0.2, 0) is 11.3 Å². The number of rotatable bonds is 8. The minimum atomic E-state index is -4.40. The Morgan fingerprint density at radius 1 is 1.19 bits per heavy atom. The maximum Gasteiger partial charge on any atom is 0.422 e. The van der Waals surface area contributed by atoms with Gasteiger partial charge in [0.25, 0.3) is 0 Å². The summed E-state index contributed by atoms with van der Waals surface area (Å²) in [5.74, 6) is 0.542. The molecule has 6 nitrogen and oxygen atoms in total. The minimum Gasteiger partial charge on any atom is -0.484 e. The van der Waals surface area contributed by atoms with Crippen LogP contribution in [0, 0.1) is 6.92 Å². The standard InChI is InChI=1S/C17H25F3N4O2.HI/c1-4-21-16(23-8-7-22-13(3)25)24-10-14-6-5-12(2)9-15(14)26-11-17(18,19)20;/h5-6,9H,4,7-8,10-11H2,1-3H3,(H,22,25)(H2,21,23,24);1H. The number of nitrogens with zero attached hydrogens (tertiary/aromatic N) is 1. The van der Waals surface area contributed by atoms with Crippen LogP contribution in [-0.4, -0.2) is 44.3 Å². The van der Waals surface area contributed by atoms with Gasteiger partial charge in [0, 0.05) is 32.1 Å². The van der Waals surface area contributed by atoms with E-state index in [1.165, 1.54) is 6.92 Å². The van der Waals surface area contributed by atoms with Gasteiger partial charge in [-0.1, -0.05) is 12.1 Å². The fraction of sp³-hybridized carbons (Fsp3) is 0.529. The normalized spacial score (nSPS) is 11.4. The lowest BCUT2D eigenvalue weighted by atomic mass is 10.1. The van der Waals surface area contributed by atoms with Crippen molar-refractivity contribution in [3.05, 3.63) is 29.3 Å². The topological polar surface area (TPSA) is 74.8 Å². The maximum atomic E-state index is 12.4. The molecule has 27 heavy (non-hydrogen) atoms. The molecule has 1 aromatic rings. The van der Waals surface area contributed by atoms with Crippen LogP contribution in [0.5, 0.6) is 5.75 Å². The highest BCUT2D eigenvalue weighted by molar-refractivity contribution is 14.0. The van der Waals surface area contributed by atoms with E-state index >= 15 is 0 Å². The van der Waals surface area contributed by atoms with Crippen LogP contribution < -0.4 is 20.7 Å². The number of hydrogen-bond donors (Lipinski definition) is 3.